The van der Waals surface area contributed by atoms with Crippen molar-refractivity contribution >= 4 is 23.2 Å². The summed E-state index contributed by atoms with van der Waals surface area (Å²) in [5.74, 6) is 0.844. The molecule has 2 N–H and O–H groups in total. The molecule has 0 unspecified atom stereocenters. The van der Waals surface area contributed by atoms with Crippen molar-refractivity contribution < 1.29 is 23.8 Å². The Labute approximate surface area is 163 Å². The Hall–Kier alpha value is -2.48. The van der Waals surface area contributed by atoms with Crippen molar-refractivity contribution in [3.63, 3.8) is 0 Å². The van der Waals surface area contributed by atoms with Crippen molar-refractivity contribution in [2.45, 2.75) is 57.3 Å². The molecule has 152 valence electrons. The molecule has 2 aromatic rings. The molecule has 1 saturated carbocycles. The summed E-state index contributed by atoms with van der Waals surface area (Å²) in [5.41, 5.74) is 1.58. The van der Waals surface area contributed by atoms with Gasteiger partial charge in [-0.1, -0.05) is 0 Å². The Morgan fingerprint density at radius 3 is 2.79 bits per heavy atom. The first kappa shape index (κ1) is 18.9. The molecule has 1 aliphatic heterocycles. The Morgan fingerprint density at radius 1 is 1.32 bits per heavy atom. The summed E-state index contributed by atoms with van der Waals surface area (Å²) in [5, 5.41) is 11.1. The fourth-order valence-electron chi connectivity index (χ4n) is 3.53. The van der Waals surface area contributed by atoms with Gasteiger partial charge in [0.15, 0.2) is 5.58 Å². The van der Waals surface area contributed by atoms with E-state index in [1.165, 1.54) is 6.42 Å². The van der Waals surface area contributed by atoms with E-state index in [-0.39, 0.29) is 12.1 Å². The summed E-state index contributed by atoms with van der Waals surface area (Å²) in [6.45, 7) is 3.77. The summed E-state index contributed by atoms with van der Waals surface area (Å²) in [6.07, 6.45) is 4.65. The predicted octanol–water partition coefficient (Wildman–Crippen LogP) is 3.40. The van der Waals surface area contributed by atoms with Crippen LogP contribution in [-0.4, -0.2) is 54.1 Å². The molecule has 8 nitrogen and oxygen atoms in total. The molecule has 1 saturated heterocycles. The van der Waals surface area contributed by atoms with Gasteiger partial charge in [-0.25, -0.2) is 4.79 Å². The summed E-state index contributed by atoms with van der Waals surface area (Å²) >= 11 is 0. The largest absolute Gasteiger partial charge is 0.490 e. The molecule has 2 heterocycles. The zero-order chi connectivity index (χ0) is 19.5. The number of oxazole rings is 1. The minimum atomic E-state index is -1.02. The van der Waals surface area contributed by atoms with Gasteiger partial charge in [0.25, 0.3) is 6.01 Å². The normalized spacial score (nSPS) is 19.4. The maximum atomic E-state index is 10.6. The first-order valence-electron chi connectivity index (χ1n) is 10.00. The van der Waals surface area contributed by atoms with Crippen molar-refractivity contribution in [1.29, 1.82) is 0 Å². The van der Waals surface area contributed by atoms with E-state index in [1.807, 2.05) is 18.2 Å². The van der Waals surface area contributed by atoms with Gasteiger partial charge in [0.1, 0.15) is 11.3 Å². The van der Waals surface area contributed by atoms with Crippen LogP contribution in [0.15, 0.2) is 22.6 Å². The number of anilines is 1. The lowest BCUT2D eigenvalue weighted by Crippen LogP contribution is -2.40. The third-order valence-corrected chi connectivity index (χ3v) is 5.37. The minimum absolute atomic E-state index is 0.126. The van der Waals surface area contributed by atoms with Gasteiger partial charge in [0.2, 0.25) is 0 Å². The minimum Gasteiger partial charge on any atom is -0.490 e. The van der Waals surface area contributed by atoms with Crippen LogP contribution < -0.4 is 15.0 Å². The first-order valence-corrected chi connectivity index (χ1v) is 10.00. The van der Waals surface area contributed by atoms with Gasteiger partial charge >= 0.3 is 6.09 Å². The van der Waals surface area contributed by atoms with Crippen LogP contribution in [0.3, 0.4) is 0 Å². The van der Waals surface area contributed by atoms with Crippen LogP contribution in [0.1, 0.15) is 39.0 Å². The number of nitrogens with zero attached hydrogens (tertiary/aromatic N) is 2. The lowest BCUT2D eigenvalue weighted by Gasteiger charge is -2.31. The molecule has 0 bridgehead atoms. The number of piperidine rings is 1. The van der Waals surface area contributed by atoms with Gasteiger partial charge in [0.05, 0.1) is 24.9 Å². The van der Waals surface area contributed by atoms with Crippen LogP contribution in [0.25, 0.3) is 11.1 Å². The van der Waals surface area contributed by atoms with E-state index in [4.69, 9.17) is 19.0 Å². The number of aromatic nitrogens is 1. The number of nitrogens with one attached hydrogen (secondary N) is 1. The van der Waals surface area contributed by atoms with E-state index in [0.29, 0.717) is 18.7 Å². The molecule has 2 aliphatic rings. The van der Waals surface area contributed by atoms with Gasteiger partial charge in [-0.05, 0) is 51.2 Å². The first-order chi connectivity index (χ1) is 13.6. The quantitative estimate of drug-likeness (QED) is 0.749. The average Bonchev–Trinajstić information content (AvgIpc) is 3.06. The van der Waals surface area contributed by atoms with Crippen molar-refractivity contribution in [1.82, 2.24) is 10.3 Å². The van der Waals surface area contributed by atoms with Crippen LogP contribution in [0.2, 0.25) is 0 Å². The van der Waals surface area contributed by atoms with Crippen molar-refractivity contribution in [2.24, 2.45) is 0 Å². The number of carboxylic acid groups (broad SMARTS) is 1. The number of fused-ring (bicyclic) bond motifs is 1. The maximum Gasteiger partial charge on any atom is 0.404 e. The molecule has 1 aliphatic carbocycles. The zero-order valence-corrected chi connectivity index (χ0v) is 16.1. The van der Waals surface area contributed by atoms with E-state index >= 15 is 0 Å². The highest BCUT2D eigenvalue weighted by Gasteiger charge is 2.24. The van der Waals surface area contributed by atoms with Crippen molar-refractivity contribution in [3.05, 3.63) is 18.2 Å². The molecule has 1 atom stereocenters. The van der Waals surface area contributed by atoms with Gasteiger partial charge in [-0.2, -0.15) is 4.98 Å². The monoisotopic (exact) mass is 389 g/mol. The molecule has 1 aromatic heterocycles. The van der Waals surface area contributed by atoms with Crippen molar-refractivity contribution in [3.8, 4) is 5.75 Å². The fraction of sp³-hybridized carbons (Fsp3) is 0.600. The van der Waals surface area contributed by atoms with Crippen molar-refractivity contribution in [2.75, 3.05) is 24.6 Å². The highest BCUT2D eigenvalue weighted by atomic mass is 16.5. The van der Waals surface area contributed by atoms with Crippen LogP contribution in [0.5, 0.6) is 5.75 Å². The second kappa shape index (κ2) is 8.26. The third kappa shape index (κ3) is 4.49. The number of hydrogen-bond acceptors (Lipinski definition) is 6. The zero-order valence-electron chi connectivity index (χ0n) is 16.1. The molecule has 1 aromatic carbocycles. The second-order valence-corrected chi connectivity index (χ2v) is 7.67. The molecule has 2 fully saturated rings. The summed E-state index contributed by atoms with van der Waals surface area (Å²) in [4.78, 5) is 17.4. The molecule has 1 amide bonds. The number of benzene rings is 1. The number of hydrogen-bond donors (Lipinski definition) is 2. The van der Waals surface area contributed by atoms with Crippen LogP contribution in [-0.2, 0) is 4.74 Å². The highest BCUT2D eigenvalue weighted by Crippen LogP contribution is 2.30. The smallest absolute Gasteiger partial charge is 0.404 e. The lowest BCUT2D eigenvalue weighted by molar-refractivity contribution is 0.0260. The molecular formula is C20H27N3O5. The SMILES string of the molecule is C[C@@H](COC1CCN(c2nc3ccc(OC4CCC4)cc3o2)CC1)NC(=O)O. The Balaban J connectivity index is 1.30. The Bertz CT molecular complexity index is 811. The van der Waals surface area contributed by atoms with Crippen LogP contribution in [0, 0.1) is 0 Å². The van der Waals surface area contributed by atoms with E-state index in [9.17, 15) is 4.79 Å². The van der Waals surface area contributed by atoms with E-state index < -0.39 is 6.09 Å². The van der Waals surface area contributed by atoms with E-state index in [2.05, 4.69) is 15.2 Å². The van der Waals surface area contributed by atoms with Gasteiger partial charge in [-0.3, -0.25) is 0 Å². The molecule has 8 heteroatoms. The van der Waals surface area contributed by atoms with Crippen LogP contribution >= 0.6 is 0 Å². The number of amides is 1. The average molecular weight is 389 g/mol. The molecule has 0 spiro atoms. The summed E-state index contributed by atoms with van der Waals surface area (Å²) < 4.78 is 17.8. The summed E-state index contributed by atoms with van der Waals surface area (Å²) in [6, 6.07) is 6.25. The standard InChI is InChI=1S/C20H27N3O5/c1-13(21-20(24)25)12-26-14-7-9-23(10-8-14)19-22-17-6-5-16(11-18(17)28-19)27-15-3-2-4-15/h5-6,11,13-15,21H,2-4,7-10,12H2,1H3,(H,24,25)/t13-/m0/s1. The molecule has 28 heavy (non-hydrogen) atoms. The second-order valence-electron chi connectivity index (χ2n) is 7.67. The fourth-order valence-corrected chi connectivity index (χ4v) is 3.53. The molecule has 4 rings (SSSR count). The van der Waals surface area contributed by atoms with Gasteiger partial charge in [0, 0.05) is 19.2 Å². The van der Waals surface area contributed by atoms with E-state index in [1.54, 1.807) is 6.92 Å². The number of ether oxygens (including phenoxy) is 2. The summed E-state index contributed by atoms with van der Waals surface area (Å²) in [7, 11) is 0. The van der Waals surface area contributed by atoms with Crippen LogP contribution in [0.4, 0.5) is 10.8 Å². The maximum absolute atomic E-state index is 10.6. The predicted molar refractivity (Wildman–Crippen MR) is 104 cm³/mol. The number of rotatable bonds is 7. The highest BCUT2D eigenvalue weighted by molar-refractivity contribution is 5.76. The number of carbonyl (C=O) groups is 1. The van der Waals surface area contributed by atoms with Gasteiger partial charge in [-0.15, -0.1) is 0 Å². The topological polar surface area (TPSA) is 97.1 Å². The van der Waals surface area contributed by atoms with Gasteiger partial charge < -0.3 is 29.2 Å². The molecular weight excluding hydrogens is 362 g/mol. The van der Waals surface area contributed by atoms with E-state index in [0.717, 1.165) is 55.6 Å². The lowest BCUT2D eigenvalue weighted by atomic mass is 9.96. The Morgan fingerprint density at radius 2 is 2.11 bits per heavy atom. The third-order valence-electron chi connectivity index (χ3n) is 5.37. The molecule has 0 radical (unpaired) electrons. The Kier molecular flexibility index (Phi) is 5.57.